The van der Waals surface area contributed by atoms with Crippen LogP contribution in [0.25, 0.3) is 0 Å². The second-order valence-electron chi connectivity index (χ2n) is 11.5. The molecule has 0 amide bonds. The molecule has 1 fully saturated rings. The first kappa shape index (κ1) is 42.8. The van der Waals surface area contributed by atoms with Gasteiger partial charge < -0.3 is 14.2 Å². The van der Waals surface area contributed by atoms with Gasteiger partial charge in [0.15, 0.2) is 0 Å². The average Bonchev–Trinajstić information content (AvgIpc) is 2.90. The van der Waals surface area contributed by atoms with Crippen molar-refractivity contribution in [2.75, 3.05) is 13.2 Å². The summed E-state index contributed by atoms with van der Waals surface area (Å²) < 4.78 is 251. The molecule has 3 nitrogen and oxygen atoms in total. The maximum absolute atomic E-state index is 13.3. The van der Waals surface area contributed by atoms with E-state index in [1.807, 2.05) is 6.92 Å². The predicted octanol–water partition coefficient (Wildman–Crippen LogP) is 11.2. The number of hydrogen-bond donors (Lipinski definition) is 0. The summed E-state index contributed by atoms with van der Waals surface area (Å²) in [5.41, 5.74) is -13.6. The summed E-state index contributed by atoms with van der Waals surface area (Å²) in [5, 5.41) is 0. The summed E-state index contributed by atoms with van der Waals surface area (Å²) in [5.74, 6) is -0.432. The minimum absolute atomic E-state index is 0.0871. The van der Waals surface area contributed by atoms with Crippen LogP contribution in [0.5, 0.6) is 5.75 Å². The highest BCUT2D eigenvalue weighted by Gasteiger charge is 2.87. The van der Waals surface area contributed by atoms with E-state index in [0.717, 1.165) is 50.7 Å². The highest BCUT2D eigenvalue weighted by Crippen LogP contribution is 2.56. The van der Waals surface area contributed by atoms with E-state index in [-0.39, 0.29) is 5.92 Å². The van der Waals surface area contributed by atoms with Gasteiger partial charge >= 0.3 is 48.3 Å². The lowest BCUT2D eigenvalue weighted by atomic mass is 9.77. The largest absolute Gasteiger partial charge is 0.486 e. The Morgan fingerprint density at radius 2 is 0.918 bits per heavy atom. The van der Waals surface area contributed by atoms with Gasteiger partial charge in [-0.3, -0.25) is 0 Å². The zero-order valence-electron chi connectivity index (χ0n) is 25.1. The molecule has 1 aromatic carbocycles. The maximum atomic E-state index is 13.3. The third-order valence-electron chi connectivity index (χ3n) is 8.08. The normalized spacial score (nSPS) is 19.4. The molecular weight excluding hydrogens is 726 g/mol. The molecule has 1 aliphatic carbocycles. The molecule has 2 rings (SSSR count). The number of hydrogen-bond acceptors (Lipinski definition) is 3. The third-order valence-corrected chi connectivity index (χ3v) is 8.08. The molecule has 1 aromatic rings. The Hall–Kier alpha value is -2.32. The van der Waals surface area contributed by atoms with Gasteiger partial charge in [-0.2, -0.15) is 79.0 Å². The Labute approximate surface area is 267 Å². The van der Waals surface area contributed by atoms with Crippen molar-refractivity contribution in [2.24, 2.45) is 5.92 Å². The quantitative estimate of drug-likeness (QED) is 0.148. The molecular formula is C28H30F18O3. The second kappa shape index (κ2) is 15.1. The zero-order chi connectivity index (χ0) is 37.9. The predicted molar refractivity (Wildman–Crippen MR) is 133 cm³/mol. The summed E-state index contributed by atoms with van der Waals surface area (Å²) >= 11 is 0. The van der Waals surface area contributed by atoms with Gasteiger partial charge in [0.25, 0.3) is 0 Å². The first-order valence-electron chi connectivity index (χ1n) is 14.5. The molecule has 0 saturated heterocycles. The molecule has 0 bridgehead atoms. The fraction of sp³-hybridized carbons (Fsp3) is 0.786. The van der Waals surface area contributed by atoms with Crippen LogP contribution < -0.4 is 4.74 Å². The monoisotopic (exact) mass is 756 g/mol. The summed E-state index contributed by atoms with van der Waals surface area (Å²) in [6.45, 7) is -3.59. The summed E-state index contributed by atoms with van der Waals surface area (Å²) in [7, 11) is 0. The Morgan fingerprint density at radius 3 is 1.24 bits per heavy atom. The van der Waals surface area contributed by atoms with Gasteiger partial charge in [0, 0.05) is 0 Å². The number of halogens is 18. The molecule has 21 heteroatoms. The van der Waals surface area contributed by atoms with E-state index in [1.54, 1.807) is 0 Å². The number of ether oxygens (including phenoxy) is 3. The van der Waals surface area contributed by atoms with Crippen LogP contribution in [0.2, 0.25) is 0 Å². The van der Waals surface area contributed by atoms with Crippen LogP contribution in [0.15, 0.2) is 24.3 Å². The van der Waals surface area contributed by atoms with Crippen LogP contribution in [0.3, 0.4) is 0 Å². The molecule has 0 heterocycles. The molecule has 0 aromatic heterocycles. The summed E-state index contributed by atoms with van der Waals surface area (Å²) in [6.07, 6.45) is -40.6. The van der Waals surface area contributed by atoms with Crippen molar-refractivity contribution in [3.8, 4) is 5.75 Å². The molecule has 0 aliphatic heterocycles. The number of unbranched alkanes of at least 4 members (excludes halogenated alkanes) is 2. The van der Waals surface area contributed by atoms with Gasteiger partial charge in [0.2, 0.25) is 0 Å². The molecule has 0 spiro atoms. The highest BCUT2D eigenvalue weighted by atomic mass is 19.4. The molecule has 1 aliphatic rings. The van der Waals surface area contributed by atoms with Gasteiger partial charge in [0.05, 0.1) is 13.2 Å². The summed E-state index contributed by atoms with van der Waals surface area (Å²) in [4.78, 5) is 0. The van der Waals surface area contributed by atoms with Crippen molar-refractivity contribution in [3.05, 3.63) is 29.8 Å². The van der Waals surface area contributed by atoms with Crippen LogP contribution >= 0.6 is 0 Å². The third kappa shape index (κ3) is 9.32. The van der Waals surface area contributed by atoms with Crippen molar-refractivity contribution in [2.45, 2.75) is 119 Å². The molecule has 286 valence electrons. The van der Waals surface area contributed by atoms with Crippen molar-refractivity contribution in [1.82, 2.24) is 0 Å². The van der Waals surface area contributed by atoms with Gasteiger partial charge in [-0.05, 0) is 55.2 Å². The van der Waals surface area contributed by atoms with Crippen LogP contribution in [0.4, 0.5) is 79.0 Å². The molecule has 0 radical (unpaired) electrons. The smallest absolute Gasteiger partial charge is 0.435 e. The standard InChI is InChI=1S/C28H30F18O3/c1-2-3-4-5-16-6-8-17(9-7-16)18-10-12-19(13-11-18)49-20(14-47-21(23(29,30)31,24(32,33)34)25(35,36)37)15-48-22(26(38,39)40,27(41,42)43)28(44,45)46/h10-13,16-17,20H,2-9,14-15H2,1H3. The second-order valence-corrected chi connectivity index (χ2v) is 11.5. The first-order valence-corrected chi connectivity index (χ1v) is 14.5. The maximum Gasteiger partial charge on any atom is 0.435 e. The Balaban J connectivity index is 2.45. The van der Waals surface area contributed by atoms with Gasteiger partial charge in [0.1, 0.15) is 11.9 Å². The lowest BCUT2D eigenvalue weighted by Gasteiger charge is -2.40. The fourth-order valence-electron chi connectivity index (χ4n) is 5.49. The average molecular weight is 757 g/mol. The molecule has 0 unspecified atom stereocenters. The highest BCUT2D eigenvalue weighted by molar-refractivity contribution is 5.30. The minimum Gasteiger partial charge on any atom is -0.486 e. The summed E-state index contributed by atoms with van der Waals surface area (Å²) in [6, 6.07) is 4.22. The number of benzene rings is 1. The van der Waals surface area contributed by atoms with E-state index in [9.17, 15) is 79.0 Å². The van der Waals surface area contributed by atoms with Crippen LogP contribution in [0.1, 0.15) is 69.8 Å². The van der Waals surface area contributed by atoms with E-state index >= 15 is 0 Å². The van der Waals surface area contributed by atoms with E-state index in [2.05, 4.69) is 9.47 Å². The van der Waals surface area contributed by atoms with Gasteiger partial charge in [-0.25, -0.2) is 0 Å². The van der Waals surface area contributed by atoms with E-state index in [0.29, 0.717) is 24.3 Å². The van der Waals surface area contributed by atoms with Crippen molar-refractivity contribution in [3.63, 3.8) is 0 Å². The number of rotatable bonds is 13. The molecule has 49 heavy (non-hydrogen) atoms. The van der Waals surface area contributed by atoms with Gasteiger partial charge in [-0.15, -0.1) is 0 Å². The SMILES string of the molecule is CCCCCC1CCC(c2ccc(OC(COC(C(F)(F)F)(C(F)(F)F)C(F)(F)F)COC(C(F)(F)F)(C(F)(F)F)C(F)(F)F)cc2)CC1. The minimum atomic E-state index is -7.40. The Morgan fingerprint density at radius 1 is 0.551 bits per heavy atom. The lowest BCUT2D eigenvalue weighted by molar-refractivity contribution is -0.464. The van der Waals surface area contributed by atoms with E-state index < -0.39 is 73.3 Å². The lowest BCUT2D eigenvalue weighted by Crippen LogP contribution is -2.69. The molecule has 1 saturated carbocycles. The van der Waals surface area contributed by atoms with Crippen LogP contribution in [0, 0.1) is 5.92 Å². The van der Waals surface area contributed by atoms with E-state index in [4.69, 9.17) is 4.74 Å². The van der Waals surface area contributed by atoms with Crippen molar-refractivity contribution < 1.29 is 93.2 Å². The van der Waals surface area contributed by atoms with Gasteiger partial charge in [-0.1, -0.05) is 44.7 Å². The molecule has 0 N–H and O–H groups in total. The van der Waals surface area contributed by atoms with E-state index in [1.165, 1.54) is 12.1 Å². The van der Waals surface area contributed by atoms with Crippen LogP contribution in [-0.4, -0.2) is 67.6 Å². The van der Waals surface area contributed by atoms with Crippen molar-refractivity contribution in [1.29, 1.82) is 0 Å². The fourth-order valence-corrected chi connectivity index (χ4v) is 5.49. The van der Waals surface area contributed by atoms with Crippen molar-refractivity contribution >= 4 is 0 Å². The topological polar surface area (TPSA) is 27.7 Å². The zero-order valence-corrected chi connectivity index (χ0v) is 25.1. The first-order chi connectivity index (χ1) is 22.1. The number of alkyl halides is 18. The van der Waals surface area contributed by atoms with Crippen LogP contribution in [-0.2, 0) is 9.47 Å². The Kier molecular flexibility index (Phi) is 13.2. The Bertz CT molecular complexity index is 1030. The molecule has 0 atom stereocenters.